The van der Waals surface area contributed by atoms with Crippen molar-refractivity contribution in [3.05, 3.63) is 47.8 Å². The number of nitrogens with zero attached hydrogens (tertiary/aromatic N) is 2. The number of aryl methyl sites for hydroxylation is 1. The Balaban J connectivity index is 1.84. The van der Waals surface area contributed by atoms with Gasteiger partial charge >= 0.3 is 0 Å². The average molecular weight is 287 g/mol. The van der Waals surface area contributed by atoms with E-state index in [1.165, 1.54) is 11.3 Å². The highest BCUT2D eigenvalue weighted by atomic mass is 16.5. The van der Waals surface area contributed by atoms with E-state index in [4.69, 9.17) is 4.74 Å². The zero-order valence-electron chi connectivity index (χ0n) is 13.2. The molecule has 0 aliphatic rings. The number of hydrogen-bond acceptors (Lipinski definition) is 3. The summed E-state index contributed by atoms with van der Waals surface area (Å²) >= 11 is 0. The monoisotopic (exact) mass is 287 g/mol. The third-order valence-electron chi connectivity index (χ3n) is 3.22. The Morgan fingerprint density at radius 1 is 1.24 bits per heavy atom. The first-order chi connectivity index (χ1) is 10.2. The van der Waals surface area contributed by atoms with Crippen LogP contribution in [0.15, 0.2) is 36.5 Å². The van der Waals surface area contributed by atoms with Gasteiger partial charge in [0.25, 0.3) is 0 Å². The predicted molar refractivity (Wildman–Crippen MR) is 85.2 cm³/mol. The van der Waals surface area contributed by atoms with Crippen molar-refractivity contribution in [1.82, 2.24) is 15.1 Å². The molecule has 2 rings (SSSR count). The maximum absolute atomic E-state index is 5.75. The molecule has 1 aromatic heterocycles. The van der Waals surface area contributed by atoms with E-state index in [0.29, 0.717) is 5.92 Å². The van der Waals surface area contributed by atoms with Crippen molar-refractivity contribution in [2.24, 2.45) is 5.92 Å². The van der Waals surface area contributed by atoms with Crippen LogP contribution in [0.5, 0.6) is 5.75 Å². The molecule has 0 spiro atoms. The molecule has 0 fully saturated rings. The Hall–Kier alpha value is -1.81. The van der Waals surface area contributed by atoms with Crippen LogP contribution in [0.2, 0.25) is 0 Å². The van der Waals surface area contributed by atoms with E-state index >= 15 is 0 Å². The summed E-state index contributed by atoms with van der Waals surface area (Å²) < 4.78 is 7.76. The van der Waals surface area contributed by atoms with E-state index in [0.717, 1.165) is 32.0 Å². The van der Waals surface area contributed by atoms with E-state index in [-0.39, 0.29) is 0 Å². The second-order valence-corrected chi connectivity index (χ2v) is 5.59. The minimum Gasteiger partial charge on any atom is -0.493 e. The predicted octanol–water partition coefficient (Wildman–Crippen LogP) is 3.23. The number of hydrogen-bond donors (Lipinski definition) is 1. The second-order valence-electron chi connectivity index (χ2n) is 5.59. The molecule has 0 saturated carbocycles. The Morgan fingerprint density at radius 2 is 2.10 bits per heavy atom. The Morgan fingerprint density at radius 3 is 2.86 bits per heavy atom. The summed E-state index contributed by atoms with van der Waals surface area (Å²) in [5, 5.41) is 7.73. The number of ether oxygens (including phenoxy) is 1. The lowest BCUT2D eigenvalue weighted by Crippen LogP contribution is -2.16. The molecule has 0 aliphatic heterocycles. The molecule has 0 saturated heterocycles. The first-order valence-corrected chi connectivity index (χ1v) is 7.62. The molecule has 4 heteroatoms. The van der Waals surface area contributed by atoms with Crippen molar-refractivity contribution in [3.8, 4) is 5.75 Å². The maximum atomic E-state index is 5.75. The van der Waals surface area contributed by atoms with Crippen LogP contribution < -0.4 is 10.1 Å². The normalized spacial score (nSPS) is 11.0. The minimum absolute atomic E-state index is 0.543. The van der Waals surface area contributed by atoms with Gasteiger partial charge in [0, 0.05) is 25.8 Å². The van der Waals surface area contributed by atoms with Crippen LogP contribution in [0.1, 0.15) is 32.0 Å². The van der Waals surface area contributed by atoms with Gasteiger partial charge in [-0.15, -0.1) is 0 Å². The molecular weight excluding hydrogens is 262 g/mol. The highest BCUT2D eigenvalue weighted by molar-refractivity contribution is 5.28. The van der Waals surface area contributed by atoms with Crippen molar-refractivity contribution in [2.75, 3.05) is 6.61 Å². The van der Waals surface area contributed by atoms with Gasteiger partial charge in [-0.2, -0.15) is 5.10 Å². The molecule has 0 bridgehead atoms. The lowest BCUT2D eigenvalue weighted by Gasteiger charge is -2.11. The fourth-order valence-electron chi connectivity index (χ4n) is 2.14. The Labute approximate surface area is 127 Å². The van der Waals surface area contributed by atoms with E-state index < -0.39 is 0 Å². The van der Waals surface area contributed by atoms with Crippen LogP contribution in [-0.4, -0.2) is 16.4 Å². The van der Waals surface area contributed by atoms with Crippen LogP contribution in [-0.2, 0) is 19.6 Å². The molecule has 21 heavy (non-hydrogen) atoms. The zero-order valence-corrected chi connectivity index (χ0v) is 13.2. The lowest BCUT2D eigenvalue weighted by atomic mass is 10.2. The molecule has 1 aromatic carbocycles. The molecule has 1 N–H and O–H groups in total. The molecule has 1 heterocycles. The van der Waals surface area contributed by atoms with Gasteiger partial charge in [-0.3, -0.25) is 4.68 Å². The summed E-state index contributed by atoms with van der Waals surface area (Å²) in [5.41, 5.74) is 2.45. The summed E-state index contributed by atoms with van der Waals surface area (Å²) in [4.78, 5) is 0. The van der Waals surface area contributed by atoms with Crippen LogP contribution in [0.4, 0.5) is 0 Å². The molecular formula is C17H25N3O. The quantitative estimate of drug-likeness (QED) is 0.810. The summed E-state index contributed by atoms with van der Waals surface area (Å²) in [7, 11) is 0. The standard InChI is InChI=1S/C17H25N3O/c1-4-20-16(8-9-19-20)12-18-11-15-6-5-7-17(10-15)21-13-14(2)3/h5-10,14,18H,4,11-13H2,1-3H3. The van der Waals surface area contributed by atoms with Crippen LogP contribution in [0, 0.1) is 5.92 Å². The number of rotatable bonds is 8. The molecule has 0 unspecified atom stereocenters. The van der Waals surface area contributed by atoms with Crippen molar-refractivity contribution in [3.63, 3.8) is 0 Å². The highest BCUT2D eigenvalue weighted by Gasteiger charge is 2.02. The topological polar surface area (TPSA) is 39.1 Å². The Kier molecular flexibility index (Phi) is 5.81. The fraction of sp³-hybridized carbons (Fsp3) is 0.471. The van der Waals surface area contributed by atoms with Gasteiger partial charge < -0.3 is 10.1 Å². The van der Waals surface area contributed by atoms with Gasteiger partial charge in [0.1, 0.15) is 5.75 Å². The maximum Gasteiger partial charge on any atom is 0.119 e. The van der Waals surface area contributed by atoms with Crippen molar-refractivity contribution >= 4 is 0 Å². The molecule has 0 radical (unpaired) electrons. The summed E-state index contributed by atoms with van der Waals surface area (Å²) in [6.45, 7) is 9.73. The average Bonchev–Trinajstić information content (AvgIpc) is 2.93. The van der Waals surface area contributed by atoms with Crippen LogP contribution in [0.3, 0.4) is 0 Å². The molecule has 114 valence electrons. The number of aromatic nitrogens is 2. The molecule has 0 amide bonds. The van der Waals surface area contributed by atoms with E-state index in [1.807, 2.05) is 23.0 Å². The van der Waals surface area contributed by atoms with E-state index in [2.05, 4.69) is 49.4 Å². The minimum atomic E-state index is 0.543. The van der Waals surface area contributed by atoms with Gasteiger partial charge in [0.2, 0.25) is 0 Å². The fourth-order valence-corrected chi connectivity index (χ4v) is 2.14. The molecule has 2 aromatic rings. The first kappa shape index (κ1) is 15.6. The zero-order chi connectivity index (χ0) is 15.1. The first-order valence-electron chi connectivity index (χ1n) is 7.62. The van der Waals surface area contributed by atoms with E-state index in [9.17, 15) is 0 Å². The second kappa shape index (κ2) is 7.84. The molecule has 0 atom stereocenters. The third kappa shape index (κ3) is 4.90. The summed E-state index contributed by atoms with van der Waals surface area (Å²) in [5.74, 6) is 1.49. The highest BCUT2D eigenvalue weighted by Crippen LogP contribution is 2.14. The largest absolute Gasteiger partial charge is 0.493 e. The van der Waals surface area contributed by atoms with Gasteiger partial charge in [0.15, 0.2) is 0 Å². The van der Waals surface area contributed by atoms with Crippen molar-refractivity contribution in [2.45, 2.75) is 40.4 Å². The lowest BCUT2D eigenvalue weighted by molar-refractivity contribution is 0.271. The van der Waals surface area contributed by atoms with Gasteiger partial charge in [-0.05, 0) is 36.6 Å². The van der Waals surface area contributed by atoms with Crippen molar-refractivity contribution in [1.29, 1.82) is 0 Å². The smallest absolute Gasteiger partial charge is 0.119 e. The van der Waals surface area contributed by atoms with Crippen LogP contribution in [0.25, 0.3) is 0 Å². The van der Waals surface area contributed by atoms with Gasteiger partial charge in [0.05, 0.1) is 12.3 Å². The molecule has 0 aliphatic carbocycles. The van der Waals surface area contributed by atoms with Gasteiger partial charge in [-0.25, -0.2) is 0 Å². The summed E-state index contributed by atoms with van der Waals surface area (Å²) in [6, 6.07) is 10.3. The van der Waals surface area contributed by atoms with Gasteiger partial charge in [-0.1, -0.05) is 26.0 Å². The third-order valence-corrected chi connectivity index (χ3v) is 3.22. The van der Waals surface area contributed by atoms with Crippen LogP contribution >= 0.6 is 0 Å². The number of benzene rings is 1. The number of nitrogens with one attached hydrogen (secondary N) is 1. The van der Waals surface area contributed by atoms with E-state index in [1.54, 1.807) is 0 Å². The molecule has 4 nitrogen and oxygen atoms in total. The van der Waals surface area contributed by atoms with Crippen molar-refractivity contribution < 1.29 is 4.74 Å². The SMILES string of the molecule is CCn1nccc1CNCc1cccc(OCC(C)C)c1. The summed E-state index contributed by atoms with van der Waals surface area (Å²) in [6.07, 6.45) is 1.85. The Bertz CT molecular complexity index is 548.